The lowest BCUT2D eigenvalue weighted by Crippen LogP contribution is -2.24. The summed E-state index contributed by atoms with van der Waals surface area (Å²) in [6.07, 6.45) is 1.23. The second-order valence-electron chi connectivity index (χ2n) is 5.55. The first-order chi connectivity index (χ1) is 13.0. The summed E-state index contributed by atoms with van der Waals surface area (Å²) < 4.78 is 6.45. The fourth-order valence-electron chi connectivity index (χ4n) is 2.40. The summed E-state index contributed by atoms with van der Waals surface area (Å²) in [5, 5.41) is 16.7. The van der Waals surface area contributed by atoms with Crippen LogP contribution in [0.15, 0.2) is 70.2 Å². The second kappa shape index (κ2) is 8.41. The predicted molar refractivity (Wildman–Crippen MR) is 106 cm³/mol. The molecule has 27 heavy (non-hydrogen) atoms. The fourth-order valence-corrected chi connectivity index (χ4v) is 2.78. The Hall–Kier alpha value is -3.26. The van der Waals surface area contributed by atoms with E-state index in [2.05, 4.69) is 26.5 Å². The summed E-state index contributed by atoms with van der Waals surface area (Å²) in [5.41, 5.74) is 2.50. The molecule has 0 fully saturated rings. The van der Waals surface area contributed by atoms with Gasteiger partial charge in [0, 0.05) is 10.5 Å². The van der Waals surface area contributed by atoms with Crippen LogP contribution in [0.25, 0.3) is 10.8 Å². The van der Waals surface area contributed by atoms with E-state index < -0.39 is 10.8 Å². The van der Waals surface area contributed by atoms with Crippen LogP contribution in [0.1, 0.15) is 5.56 Å². The number of nitrogens with zero attached hydrogens (tertiary/aromatic N) is 2. The van der Waals surface area contributed by atoms with Crippen LogP contribution in [0.4, 0.5) is 5.69 Å². The average Bonchev–Trinajstić information content (AvgIpc) is 2.66. The number of carbonyl (C=O) groups is 1. The molecular weight excluding hydrogens is 414 g/mol. The van der Waals surface area contributed by atoms with E-state index in [1.54, 1.807) is 18.2 Å². The highest BCUT2D eigenvalue weighted by molar-refractivity contribution is 9.10. The third-order valence-electron chi connectivity index (χ3n) is 3.67. The summed E-state index contributed by atoms with van der Waals surface area (Å²) in [6, 6.07) is 17.5. The van der Waals surface area contributed by atoms with Crippen molar-refractivity contribution in [3.63, 3.8) is 0 Å². The van der Waals surface area contributed by atoms with Gasteiger partial charge in [-0.25, -0.2) is 5.43 Å². The Morgan fingerprint density at radius 1 is 1.15 bits per heavy atom. The number of para-hydroxylation sites is 1. The van der Waals surface area contributed by atoms with Gasteiger partial charge in [0.15, 0.2) is 6.61 Å². The van der Waals surface area contributed by atoms with Crippen molar-refractivity contribution in [2.45, 2.75) is 0 Å². The third-order valence-corrected chi connectivity index (χ3v) is 4.16. The fraction of sp³-hybridized carbons (Fsp3) is 0.0526. The molecule has 0 spiro atoms. The summed E-state index contributed by atoms with van der Waals surface area (Å²) in [4.78, 5) is 22.3. The zero-order chi connectivity index (χ0) is 19.2. The maximum Gasteiger partial charge on any atom is 0.278 e. The minimum atomic E-state index is -0.509. The molecule has 8 heteroatoms. The first-order valence-corrected chi connectivity index (χ1v) is 8.70. The molecule has 3 aromatic carbocycles. The van der Waals surface area contributed by atoms with Gasteiger partial charge in [0.25, 0.3) is 11.6 Å². The van der Waals surface area contributed by atoms with Crippen molar-refractivity contribution in [2.24, 2.45) is 5.10 Å². The van der Waals surface area contributed by atoms with Crippen LogP contribution in [-0.4, -0.2) is 23.7 Å². The molecule has 0 saturated carbocycles. The zero-order valence-electron chi connectivity index (χ0n) is 14.0. The molecule has 1 amide bonds. The molecule has 0 bridgehead atoms. The molecule has 0 radical (unpaired) electrons. The van der Waals surface area contributed by atoms with Crippen LogP contribution < -0.4 is 10.2 Å². The SMILES string of the molecule is O=C(COc1ccc2cc(Br)ccc2c1)N/N=C/c1ccccc1[N+](=O)[O-]. The topological polar surface area (TPSA) is 93.8 Å². The maximum atomic E-state index is 11.8. The number of hydrogen-bond donors (Lipinski definition) is 1. The van der Waals surface area contributed by atoms with Crippen molar-refractivity contribution in [1.29, 1.82) is 0 Å². The normalized spacial score (nSPS) is 10.9. The Labute approximate surface area is 162 Å². The van der Waals surface area contributed by atoms with Crippen molar-refractivity contribution in [3.05, 3.63) is 80.8 Å². The predicted octanol–water partition coefficient (Wildman–Crippen LogP) is 4.04. The molecule has 0 atom stereocenters. The molecule has 0 aliphatic carbocycles. The number of carbonyl (C=O) groups excluding carboxylic acids is 1. The molecule has 1 N–H and O–H groups in total. The van der Waals surface area contributed by atoms with Gasteiger partial charge in [-0.3, -0.25) is 14.9 Å². The maximum absolute atomic E-state index is 11.8. The van der Waals surface area contributed by atoms with E-state index >= 15 is 0 Å². The molecule has 0 heterocycles. The number of ether oxygens (including phenoxy) is 1. The Morgan fingerprint density at radius 3 is 2.70 bits per heavy atom. The number of amides is 1. The third kappa shape index (κ3) is 4.89. The standard InChI is InChI=1S/C19H14BrN3O4/c20-16-7-5-14-10-17(8-6-13(14)9-16)27-12-19(24)22-21-11-15-3-1-2-4-18(15)23(25)26/h1-11H,12H2,(H,22,24)/b21-11+. The van der Waals surface area contributed by atoms with Gasteiger partial charge in [-0.05, 0) is 41.1 Å². The molecule has 3 rings (SSSR count). The highest BCUT2D eigenvalue weighted by atomic mass is 79.9. The molecule has 0 unspecified atom stereocenters. The lowest BCUT2D eigenvalue weighted by molar-refractivity contribution is -0.385. The van der Waals surface area contributed by atoms with Crippen molar-refractivity contribution in [2.75, 3.05) is 6.61 Å². The van der Waals surface area contributed by atoms with Gasteiger partial charge in [-0.2, -0.15) is 5.10 Å². The zero-order valence-corrected chi connectivity index (χ0v) is 15.5. The van der Waals surface area contributed by atoms with E-state index in [-0.39, 0.29) is 12.3 Å². The largest absolute Gasteiger partial charge is 0.484 e. The summed E-state index contributed by atoms with van der Waals surface area (Å²) in [7, 11) is 0. The van der Waals surface area contributed by atoms with Gasteiger partial charge < -0.3 is 4.74 Å². The number of nitrogens with one attached hydrogen (secondary N) is 1. The number of nitro benzene ring substituents is 1. The smallest absolute Gasteiger partial charge is 0.278 e. The van der Waals surface area contributed by atoms with Gasteiger partial charge in [-0.15, -0.1) is 0 Å². The van der Waals surface area contributed by atoms with Crippen LogP contribution >= 0.6 is 15.9 Å². The molecule has 0 aromatic heterocycles. The quantitative estimate of drug-likeness (QED) is 0.364. The summed E-state index contributed by atoms with van der Waals surface area (Å²) in [5.74, 6) is 0.0865. The van der Waals surface area contributed by atoms with Gasteiger partial charge in [-0.1, -0.05) is 40.2 Å². The van der Waals surface area contributed by atoms with E-state index in [0.29, 0.717) is 11.3 Å². The van der Waals surface area contributed by atoms with Gasteiger partial charge in [0.2, 0.25) is 0 Å². The Kier molecular flexibility index (Phi) is 5.77. The van der Waals surface area contributed by atoms with Gasteiger partial charge in [0.05, 0.1) is 16.7 Å². The molecule has 3 aromatic rings. The minimum Gasteiger partial charge on any atom is -0.484 e. The molecule has 7 nitrogen and oxygen atoms in total. The van der Waals surface area contributed by atoms with E-state index in [1.807, 2.05) is 30.3 Å². The lowest BCUT2D eigenvalue weighted by Gasteiger charge is -2.06. The first kappa shape index (κ1) is 18.5. The van der Waals surface area contributed by atoms with Gasteiger partial charge in [0.1, 0.15) is 5.75 Å². The van der Waals surface area contributed by atoms with E-state index in [4.69, 9.17) is 4.74 Å². The number of benzene rings is 3. The Balaban J connectivity index is 1.57. The monoisotopic (exact) mass is 427 g/mol. The summed E-state index contributed by atoms with van der Waals surface area (Å²) in [6.45, 7) is -0.226. The van der Waals surface area contributed by atoms with Gasteiger partial charge >= 0.3 is 0 Å². The van der Waals surface area contributed by atoms with Crippen LogP contribution in [0, 0.1) is 10.1 Å². The van der Waals surface area contributed by atoms with E-state index in [9.17, 15) is 14.9 Å². The number of halogens is 1. The average molecular weight is 428 g/mol. The second-order valence-corrected chi connectivity index (χ2v) is 6.47. The van der Waals surface area contributed by atoms with Crippen molar-refractivity contribution >= 4 is 44.5 Å². The van der Waals surface area contributed by atoms with E-state index in [1.165, 1.54) is 18.3 Å². The number of nitro groups is 1. The molecule has 136 valence electrons. The first-order valence-electron chi connectivity index (χ1n) is 7.90. The number of hydrazone groups is 1. The molecule has 0 saturated heterocycles. The minimum absolute atomic E-state index is 0.0884. The van der Waals surface area contributed by atoms with Crippen LogP contribution in [0.5, 0.6) is 5.75 Å². The molecule has 0 aliphatic rings. The van der Waals surface area contributed by atoms with Crippen molar-refractivity contribution in [1.82, 2.24) is 5.43 Å². The van der Waals surface area contributed by atoms with Crippen LogP contribution in [0.2, 0.25) is 0 Å². The number of hydrogen-bond acceptors (Lipinski definition) is 5. The van der Waals surface area contributed by atoms with Crippen LogP contribution in [-0.2, 0) is 4.79 Å². The lowest BCUT2D eigenvalue weighted by atomic mass is 10.1. The highest BCUT2D eigenvalue weighted by Gasteiger charge is 2.10. The number of fused-ring (bicyclic) bond motifs is 1. The van der Waals surface area contributed by atoms with Crippen molar-refractivity contribution < 1.29 is 14.5 Å². The highest BCUT2D eigenvalue weighted by Crippen LogP contribution is 2.24. The Morgan fingerprint density at radius 2 is 1.89 bits per heavy atom. The van der Waals surface area contributed by atoms with E-state index in [0.717, 1.165) is 15.2 Å². The molecular formula is C19H14BrN3O4. The van der Waals surface area contributed by atoms with Crippen LogP contribution in [0.3, 0.4) is 0 Å². The summed E-state index contributed by atoms with van der Waals surface area (Å²) >= 11 is 3.42. The molecule has 0 aliphatic heterocycles. The van der Waals surface area contributed by atoms with Crippen molar-refractivity contribution in [3.8, 4) is 5.75 Å². The number of rotatable bonds is 6. The Bertz CT molecular complexity index is 1040.